The first-order valence-corrected chi connectivity index (χ1v) is 9.85. The van der Waals surface area contributed by atoms with Gasteiger partial charge in [-0.05, 0) is 51.1 Å². The van der Waals surface area contributed by atoms with Crippen LogP contribution in [0.4, 0.5) is 0 Å². The zero-order valence-electron chi connectivity index (χ0n) is 15.6. The quantitative estimate of drug-likeness (QED) is 0.459. The minimum atomic E-state index is 0.797. The van der Waals surface area contributed by atoms with Crippen molar-refractivity contribution in [1.29, 1.82) is 0 Å². The minimum absolute atomic E-state index is 0.797. The Hall–Kier alpha value is -1.63. The number of rotatable bonds is 7. The number of piperidine rings is 1. The predicted molar refractivity (Wildman–Crippen MR) is 101 cm³/mol. The Morgan fingerprint density at radius 2 is 1.92 bits per heavy atom. The van der Waals surface area contributed by atoms with Crippen LogP contribution in [-0.2, 0) is 6.54 Å². The second-order valence-electron chi connectivity index (χ2n) is 7.34. The van der Waals surface area contributed by atoms with Gasteiger partial charge in [-0.15, -0.1) is 10.2 Å². The first kappa shape index (κ1) is 18.2. The van der Waals surface area contributed by atoms with Crippen molar-refractivity contribution in [3.8, 4) is 0 Å². The Balaban J connectivity index is 1.32. The van der Waals surface area contributed by atoms with Crippen molar-refractivity contribution in [2.45, 2.75) is 45.1 Å². The fourth-order valence-electron chi connectivity index (χ4n) is 3.97. The van der Waals surface area contributed by atoms with Gasteiger partial charge in [-0.3, -0.25) is 4.99 Å². The molecule has 2 fully saturated rings. The summed E-state index contributed by atoms with van der Waals surface area (Å²) in [7, 11) is 1.90. The van der Waals surface area contributed by atoms with E-state index in [1.54, 1.807) is 12.7 Å². The van der Waals surface area contributed by atoms with E-state index in [1.165, 1.54) is 45.3 Å². The molecule has 2 aliphatic heterocycles. The third-order valence-corrected chi connectivity index (χ3v) is 5.36. The van der Waals surface area contributed by atoms with Crippen LogP contribution in [0.25, 0.3) is 0 Å². The lowest BCUT2D eigenvalue weighted by Gasteiger charge is -2.29. The normalized spacial score (nSPS) is 22.5. The fraction of sp³-hybridized carbons (Fsp3) is 0.833. The molecule has 140 valence electrons. The second kappa shape index (κ2) is 9.75. The van der Waals surface area contributed by atoms with Crippen molar-refractivity contribution in [2.24, 2.45) is 10.9 Å². The van der Waals surface area contributed by atoms with Crippen LogP contribution in [0.5, 0.6) is 0 Å². The number of nitrogens with zero attached hydrogens (tertiary/aromatic N) is 6. The summed E-state index contributed by atoms with van der Waals surface area (Å²) in [6.45, 7) is 8.12. The van der Waals surface area contributed by atoms with Crippen LogP contribution in [-0.4, -0.2) is 76.8 Å². The highest BCUT2D eigenvalue weighted by Gasteiger charge is 2.26. The zero-order valence-corrected chi connectivity index (χ0v) is 15.6. The summed E-state index contributed by atoms with van der Waals surface area (Å²) >= 11 is 0. The lowest BCUT2D eigenvalue weighted by atomic mass is 10.1. The number of nitrogens with one attached hydrogen (secondary N) is 1. The Labute approximate surface area is 151 Å². The van der Waals surface area contributed by atoms with Crippen LogP contribution in [0.1, 0.15) is 38.5 Å². The van der Waals surface area contributed by atoms with Crippen LogP contribution >= 0.6 is 0 Å². The third-order valence-electron chi connectivity index (χ3n) is 5.36. The van der Waals surface area contributed by atoms with Crippen molar-refractivity contribution in [2.75, 3.05) is 46.3 Å². The molecule has 7 heteroatoms. The van der Waals surface area contributed by atoms with Gasteiger partial charge in [-0.25, -0.2) is 0 Å². The average Bonchev–Trinajstić information content (AvgIpc) is 3.31. The zero-order chi connectivity index (χ0) is 17.3. The fourth-order valence-corrected chi connectivity index (χ4v) is 3.97. The summed E-state index contributed by atoms with van der Waals surface area (Å²) < 4.78 is 2.03. The molecule has 1 aromatic heterocycles. The summed E-state index contributed by atoms with van der Waals surface area (Å²) in [6.07, 6.45) is 11.3. The predicted octanol–water partition coefficient (Wildman–Crippen LogP) is 1.44. The molecule has 0 saturated carbocycles. The Kier molecular flexibility index (Phi) is 7.09. The van der Waals surface area contributed by atoms with Gasteiger partial charge in [0.15, 0.2) is 5.96 Å². The lowest BCUT2D eigenvalue weighted by Crippen LogP contribution is -2.41. The molecule has 0 spiro atoms. The minimum Gasteiger partial charge on any atom is -0.356 e. The van der Waals surface area contributed by atoms with E-state index in [9.17, 15) is 0 Å². The monoisotopic (exact) mass is 347 g/mol. The van der Waals surface area contributed by atoms with Gasteiger partial charge >= 0.3 is 0 Å². The highest BCUT2D eigenvalue weighted by Crippen LogP contribution is 2.19. The van der Waals surface area contributed by atoms with Gasteiger partial charge in [-0.2, -0.15) is 0 Å². The number of hydrogen-bond acceptors (Lipinski definition) is 4. The summed E-state index contributed by atoms with van der Waals surface area (Å²) in [4.78, 5) is 9.60. The molecule has 0 amide bonds. The highest BCUT2D eigenvalue weighted by molar-refractivity contribution is 5.80. The van der Waals surface area contributed by atoms with Crippen molar-refractivity contribution in [3.63, 3.8) is 0 Å². The first-order valence-electron chi connectivity index (χ1n) is 9.85. The summed E-state index contributed by atoms with van der Waals surface area (Å²) in [6, 6.07) is 0. The van der Waals surface area contributed by atoms with Crippen molar-refractivity contribution >= 4 is 5.96 Å². The topological polar surface area (TPSA) is 61.6 Å². The Bertz CT molecular complexity index is 508. The standard InChI is InChI=1S/C18H33N7/c1-19-18(20-8-3-6-11-24-15-21-22-16-24)25-12-7-17(14-25)13-23-9-4-2-5-10-23/h15-17H,2-14H2,1H3,(H,19,20). The molecule has 3 rings (SSSR count). The van der Waals surface area contributed by atoms with Crippen molar-refractivity contribution in [1.82, 2.24) is 29.9 Å². The van der Waals surface area contributed by atoms with Crippen molar-refractivity contribution in [3.05, 3.63) is 12.7 Å². The molecule has 2 aliphatic rings. The maximum atomic E-state index is 4.49. The van der Waals surface area contributed by atoms with E-state index in [4.69, 9.17) is 0 Å². The smallest absolute Gasteiger partial charge is 0.193 e. The van der Waals surface area contributed by atoms with E-state index >= 15 is 0 Å². The number of aromatic nitrogens is 3. The number of aliphatic imine (C=N–C) groups is 1. The SMILES string of the molecule is CN=C(NCCCCn1cnnc1)N1CCC(CN2CCCCC2)C1. The number of likely N-dealkylation sites (tertiary alicyclic amines) is 2. The van der Waals surface area contributed by atoms with Gasteiger partial charge in [0.1, 0.15) is 12.7 Å². The summed E-state index contributed by atoms with van der Waals surface area (Å²) in [5, 5.41) is 11.2. The maximum absolute atomic E-state index is 4.49. The molecule has 0 radical (unpaired) electrons. The van der Waals surface area contributed by atoms with Crippen LogP contribution in [0.3, 0.4) is 0 Å². The van der Waals surface area contributed by atoms with E-state index in [-0.39, 0.29) is 0 Å². The van der Waals surface area contributed by atoms with Crippen molar-refractivity contribution < 1.29 is 0 Å². The molecule has 0 aromatic carbocycles. The van der Waals surface area contributed by atoms with Gasteiger partial charge in [0.05, 0.1) is 0 Å². The number of unbranched alkanes of at least 4 members (excludes halogenated alkanes) is 1. The van der Waals surface area contributed by atoms with E-state index in [2.05, 4.69) is 30.3 Å². The molecular weight excluding hydrogens is 314 g/mol. The lowest BCUT2D eigenvalue weighted by molar-refractivity contribution is 0.198. The molecule has 1 atom stereocenters. The van der Waals surface area contributed by atoms with E-state index < -0.39 is 0 Å². The molecule has 3 heterocycles. The van der Waals surface area contributed by atoms with E-state index in [1.807, 2.05) is 11.6 Å². The third kappa shape index (κ3) is 5.70. The van der Waals surface area contributed by atoms with E-state index in [0.717, 1.165) is 50.9 Å². The molecular formula is C18H33N7. The molecule has 2 saturated heterocycles. The maximum Gasteiger partial charge on any atom is 0.193 e. The van der Waals surface area contributed by atoms with Gasteiger partial charge in [0.25, 0.3) is 0 Å². The largest absolute Gasteiger partial charge is 0.356 e. The summed E-state index contributed by atoms with van der Waals surface area (Å²) in [5.41, 5.74) is 0. The molecule has 7 nitrogen and oxygen atoms in total. The first-order chi connectivity index (χ1) is 12.3. The van der Waals surface area contributed by atoms with Gasteiger partial charge in [-0.1, -0.05) is 6.42 Å². The number of guanidine groups is 1. The molecule has 1 unspecified atom stereocenters. The Morgan fingerprint density at radius 1 is 1.12 bits per heavy atom. The van der Waals surface area contributed by atoms with Gasteiger partial charge in [0.2, 0.25) is 0 Å². The molecule has 0 aliphatic carbocycles. The van der Waals surface area contributed by atoms with Gasteiger partial charge < -0.3 is 19.7 Å². The highest BCUT2D eigenvalue weighted by atomic mass is 15.3. The Morgan fingerprint density at radius 3 is 2.68 bits per heavy atom. The van der Waals surface area contributed by atoms with Gasteiger partial charge in [0, 0.05) is 39.8 Å². The average molecular weight is 348 g/mol. The van der Waals surface area contributed by atoms with Crippen LogP contribution in [0.2, 0.25) is 0 Å². The molecule has 25 heavy (non-hydrogen) atoms. The number of aryl methyl sites for hydroxylation is 1. The summed E-state index contributed by atoms with van der Waals surface area (Å²) in [5.74, 6) is 1.87. The van der Waals surface area contributed by atoms with E-state index in [0.29, 0.717) is 0 Å². The second-order valence-corrected chi connectivity index (χ2v) is 7.34. The van der Waals surface area contributed by atoms with Crippen LogP contribution in [0.15, 0.2) is 17.6 Å². The van der Waals surface area contributed by atoms with Crippen LogP contribution < -0.4 is 5.32 Å². The molecule has 0 bridgehead atoms. The number of hydrogen-bond donors (Lipinski definition) is 1. The molecule has 1 N–H and O–H groups in total. The molecule has 1 aromatic rings. The van der Waals surface area contributed by atoms with Crippen LogP contribution in [0, 0.1) is 5.92 Å².